The van der Waals surface area contributed by atoms with Crippen molar-refractivity contribution >= 4 is 17.9 Å². The molecule has 1 aliphatic heterocycles. The van der Waals surface area contributed by atoms with Crippen LogP contribution in [0.1, 0.15) is 16.8 Å². The fourth-order valence-corrected chi connectivity index (χ4v) is 2.67. The fourth-order valence-electron chi connectivity index (χ4n) is 2.67. The molecule has 1 aromatic rings. The van der Waals surface area contributed by atoms with Gasteiger partial charge in [-0.25, -0.2) is 4.79 Å². The van der Waals surface area contributed by atoms with E-state index in [0.717, 1.165) is 0 Å². The highest BCUT2D eigenvalue weighted by Crippen LogP contribution is 2.32. The van der Waals surface area contributed by atoms with Crippen LogP contribution < -0.4 is 14.8 Å². The van der Waals surface area contributed by atoms with E-state index in [-0.39, 0.29) is 30.0 Å². The van der Waals surface area contributed by atoms with E-state index in [4.69, 9.17) is 19.7 Å². The lowest BCUT2D eigenvalue weighted by molar-refractivity contribution is -0.142. The first-order valence-electron chi connectivity index (χ1n) is 7.09. The highest BCUT2D eigenvalue weighted by Gasteiger charge is 2.43. The molecular formula is C15H17NO8. The van der Waals surface area contributed by atoms with Crippen LogP contribution in [0.15, 0.2) is 18.2 Å². The molecule has 1 aliphatic rings. The topological polar surface area (TPSA) is 142 Å². The van der Waals surface area contributed by atoms with E-state index in [1.165, 1.54) is 25.3 Å². The van der Waals surface area contributed by atoms with Crippen molar-refractivity contribution in [3.63, 3.8) is 0 Å². The molecule has 0 saturated carbocycles. The molecule has 9 heteroatoms. The van der Waals surface area contributed by atoms with Gasteiger partial charge in [0.15, 0.2) is 11.5 Å². The number of hydrogen-bond acceptors (Lipinski definition) is 6. The van der Waals surface area contributed by atoms with E-state index >= 15 is 0 Å². The first-order valence-corrected chi connectivity index (χ1v) is 7.09. The standard InChI is InChI=1S/C15H17NO8/c1-23-10-4-7(14(19)20)2-3-9(10)24-11-6-16-13(15(21)22)8(11)5-12(17)18/h2-4,8,11,13,16H,5-6H2,1H3,(H,17,18)(H,19,20)(H,21,22)/t8?,11-,13?/m1/s1. The van der Waals surface area contributed by atoms with Gasteiger partial charge in [-0.1, -0.05) is 0 Å². The Morgan fingerprint density at radius 2 is 1.92 bits per heavy atom. The Morgan fingerprint density at radius 3 is 2.46 bits per heavy atom. The van der Waals surface area contributed by atoms with Crippen molar-refractivity contribution < 1.29 is 39.2 Å². The molecule has 1 heterocycles. The van der Waals surface area contributed by atoms with Gasteiger partial charge in [-0.2, -0.15) is 0 Å². The molecule has 1 aromatic carbocycles. The Labute approximate surface area is 136 Å². The largest absolute Gasteiger partial charge is 0.493 e. The number of benzene rings is 1. The zero-order valence-corrected chi connectivity index (χ0v) is 12.8. The van der Waals surface area contributed by atoms with Crippen molar-refractivity contribution in [3.8, 4) is 11.5 Å². The summed E-state index contributed by atoms with van der Waals surface area (Å²) in [6, 6.07) is 2.97. The summed E-state index contributed by atoms with van der Waals surface area (Å²) in [5.41, 5.74) is 0.00856. The highest BCUT2D eigenvalue weighted by atomic mass is 16.5. The molecule has 0 radical (unpaired) electrons. The SMILES string of the molecule is COc1cc(C(=O)O)ccc1O[C@@H]1CNC(C(=O)O)C1CC(=O)O. The van der Waals surface area contributed by atoms with Gasteiger partial charge >= 0.3 is 17.9 Å². The molecule has 0 aliphatic carbocycles. The van der Waals surface area contributed by atoms with E-state index in [0.29, 0.717) is 0 Å². The molecular weight excluding hydrogens is 322 g/mol. The minimum Gasteiger partial charge on any atom is -0.493 e. The molecule has 0 amide bonds. The summed E-state index contributed by atoms with van der Waals surface area (Å²) in [5.74, 6) is -3.79. The third-order valence-corrected chi connectivity index (χ3v) is 3.81. The molecule has 2 rings (SSSR count). The summed E-state index contributed by atoms with van der Waals surface area (Å²) < 4.78 is 10.8. The second-order valence-electron chi connectivity index (χ2n) is 5.31. The third kappa shape index (κ3) is 3.74. The van der Waals surface area contributed by atoms with E-state index in [1.807, 2.05) is 0 Å². The Bertz CT molecular complexity index is 659. The Balaban J connectivity index is 2.24. The van der Waals surface area contributed by atoms with Gasteiger partial charge in [0.25, 0.3) is 0 Å². The molecule has 130 valence electrons. The number of ether oxygens (including phenoxy) is 2. The Hall–Kier alpha value is -2.81. The molecule has 24 heavy (non-hydrogen) atoms. The number of hydrogen-bond donors (Lipinski definition) is 4. The summed E-state index contributed by atoms with van der Waals surface area (Å²) >= 11 is 0. The molecule has 4 N–H and O–H groups in total. The van der Waals surface area contributed by atoms with Gasteiger partial charge in [-0.05, 0) is 18.2 Å². The van der Waals surface area contributed by atoms with E-state index in [1.54, 1.807) is 0 Å². The average molecular weight is 339 g/mol. The van der Waals surface area contributed by atoms with Crippen LogP contribution in [0.25, 0.3) is 0 Å². The molecule has 0 spiro atoms. The first-order chi connectivity index (χ1) is 11.3. The molecule has 1 fully saturated rings. The van der Waals surface area contributed by atoms with Crippen LogP contribution in [0.4, 0.5) is 0 Å². The zero-order valence-electron chi connectivity index (χ0n) is 12.8. The van der Waals surface area contributed by atoms with E-state index in [9.17, 15) is 19.5 Å². The minimum atomic E-state index is -1.15. The maximum Gasteiger partial charge on any atom is 0.335 e. The summed E-state index contributed by atoms with van der Waals surface area (Å²) in [6.07, 6.45) is -1.07. The summed E-state index contributed by atoms with van der Waals surface area (Å²) in [4.78, 5) is 33.2. The number of carboxylic acid groups (broad SMARTS) is 3. The monoisotopic (exact) mass is 339 g/mol. The average Bonchev–Trinajstić information content (AvgIpc) is 2.89. The lowest BCUT2D eigenvalue weighted by atomic mass is 9.94. The quantitative estimate of drug-likeness (QED) is 0.551. The van der Waals surface area contributed by atoms with Crippen LogP contribution in [0.5, 0.6) is 11.5 Å². The molecule has 0 aromatic heterocycles. The second-order valence-corrected chi connectivity index (χ2v) is 5.31. The summed E-state index contributed by atoms with van der Waals surface area (Å²) in [5, 5.41) is 29.9. The third-order valence-electron chi connectivity index (χ3n) is 3.81. The van der Waals surface area contributed by atoms with Crippen LogP contribution in [-0.2, 0) is 9.59 Å². The van der Waals surface area contributed by atoms with Crippen molar-refractivity contribution in [3.05, 3.63) is 23.8 Å². The van der Waals surface area contributed by atoms with Crippen molar-refractivity contribution in [2.75, 3.05) is 13.7 Å². The first kappa shape index (κ1) is 17.5. The normalized spacial score (nSPS) is 22.8. The maximum absolute atomic E-state index is 11.2. The smallest absolute Gasteiger partial charge is 0.335 e. The number of methoxy groups -OCH3 is 1. The fraction of sp³-hybridized carbons (Fsp3) is 0.400. The zero-order chi connectivity index (χ0) is 17.9. The Kier molecular flexibility index (Phi) is 5.24. The molecule has 3 atom stereocenters. The van der Waals surface area contributed by atoms with Crippen LogP contribution in [0, 0.1) is 5.92 Å². The molecule has 1 saturated heterocycles. The van der Waals surface area contributed by atoms with Crippen molar-refractivity contribution in [1.82, 2.24) is 5.32 Å². The van der Waals surface area contributed by atoms with Crippen LogP contribution in [-0.4, -0.2) is 59.0 Å². The second kappa shape index (κ2) is 7.18. The van der Waals surface area contributed by atoms with Gasteiger partial charge in [0.05, 0.1) is 19.1 Å². The molecule has 9 nitrogen and oxygen atoms in total. The molecule has 0 bridgehead atoms. The predicted octanol–water partition coefficient (Wildman–Crippen LogP) is 0.288. The van der Waals surface area contributed by atoms with E-state index in [2.05, 4.69) is 5.32 Å². The van der Waals surface area contributed by atoms with Gasteiger partial charge < -0.3 is 30.1 Å². The minimum absolute atomic E-state index is 0.00856. The lowest BCUT2D eigenvalue weighted by Gasteiger charge is -2.22. The number of carboxylic acids is 3. The van der Waals surface area contributed by atoms with Gasteiger partial charge in [0.1, 0.15) is 12.1 Å². The number of aromatic carboxylic acids is 1. The number of aliphatic carboxylic acids is 2. The predicted molar refractivity (Wildman–Crippen MR) is 79.5 cm³/mol. The highest BCUT2D eigenvalue weighted by molar-refractivity contribution is 5.88. The summed E-state index contributed by atoms with van der Waals surface area (Å²) in [7, 11) is 1.34. The lowest BCUT2D eigenvalue weighted by Crippen LogP contribution is -2.38. The van der Waals surface area contributed by atoms with Gasteiger partial charge in [0.2, 0.25) is 0 Å². The number of carbonyl (C=O) groups is 3. The van der Waals surface area contributed by atoms with Crippen molar-refractivity contribution in [1.29, 1.82) is 0 Å². The van der Waals surface area contributed by atoms with Crippen molar-refractivity contribution in [2.45, 2.75) is 18.6 Å². The summed E-state index contributed by atoms with van der Waals surface area (Å²) in [6.45, 7) is 0.152. The van der Waals surface area contributed by atoms with Crippen LogP contribution in [0.3, 0.4) is 0 Å². The van der Waals surface area contributed by atoms with E-state index < -0.39 is 36.0 Å². The maximum atomic E-state index is 11.2. The van der Waals surface area contributed by atoms with Gasteiger partial charge in [-0.3, -0.25) is 9.59 Å². The number of nitrogens with one attached hydrogen (secondary N) is 1. The van der Waals surface area contributed by atoms with Crippen LogP contribution in [0.2, 0.25) is 0 Å². The van der Waals surface area contributed by atoms with Crippen LogP contribution >= 0.6 is 0 Å². The van der Waals surface area contributed by atoms with Gasteiger partial charge in [-0.15, -0.1) is 0 Å². The van der Waals surface area contributed by atoms with Gasteiger partial charge in [0, 0.05) is 12.5 Å². The Morgan fingerprint density at radius 1 is 1.21 bits per heavy atom. The van der Waals surface area contributed by atoms with Crippen molar-refractivity contribution in [2.24, 2.45) is 5.92 Å². The number of rotatable bonds is 7. The molecule has 2 unspecified atom stereocenters.